The highest BCUT2D eigenvalue weighted by Gasteiger charge is 2.42. The molecule has 4 heteroatoms. The van der Waals surface area contributed by atoms with Gasteiger partial charge in [0.1, 0.15) is 12.4 Å². The fourth-order valence-electron chi connectivity index (χ4n) is 2.72. The number of carbonyl (C=O) groups excluding carboxylic acids is 1. The van der Waals surface area contributed by atoms with E-state index in [0.717, 1.165) is 30.6 Å². The van der Waals surface area contributed by atoms with Crippen molar-refractivity contribution < 1.29 is 9.53 Å². The summed E-state index contributed by atoms with van der Waals surface area (Å²) < 4.78 is 5.61. The summed E-state index contributed by atoms with van der Waals surface area (Å²) in [7, 11) is 0. The number of ether oxygens (including phenoxy) is 1. The highest BCUT2D eigenvalue weighted by Crippen LogP contribution is 2.36. The number of carbonyl (C=O) groups is 1. The number of benzene rings is 1. The minimum atomic E-state index is -0.413. The molecule has 110 valence electrons. The van der Waals surface area contributed by atoms with Gasteiger partial charge in [-0.15, -0.1) is 0 Å². The number of nitrogens with two attached hydrogens (primary N) is 1. The molecular formula is C16H24N2O2. The van der Waals surface area contributed by atoms with Crippen molar-refractivity contribution in [3.63, 3.8) is 0 Å². The molecule has 0 heterocycles. The lowest BCUT2D eigenvalue weighted by molar-refractivity contribution is -0.130. The van der Waals surface area contributed by atoms with Gasteiger partial charge in [-0.1, -0.05) is 18.6 Å². The molecule has 0 bridgehead atoms. The quantitative estimate of drug-likeness (QED) is 0.809. The Morgan fingerprint density at radius 2 is 2.35 bits per heavy atom. The van der Waals surface area contributed by atoms with Gasteiger partial charge in [-0.2, -0.15) is 0 Å². The maximum absolute atomic E-state index is 12.2. The predicted molar refractivity (Wildman–Crippen MR) is 79.6 cm³/mol. The molecule has 0 spiro atoms. The molecule has 0 aromatic heterocycles. The molecule has 1 aromatic rings. The van der Waals surface area contributed by atoms with Crippen molar-refractivity contribution in [2.75, 3.05) is 13.2 Å². The van der Waals surface area contributed by atoms with Crippen LogP contribution in [0.3, 0.4) is 0 Å². The van der Waals surface area contributed by atoms with Gasteiger partial charge in [-0.05, 0) is 44.4 Å². The molecule has 1 fully saturated rings. The normalized spacial score (nSPS) is 25.4. The van der Waals surface area contributed by atoms with Crippen molar-refractivity contribution in [3.8, 4) is 5.75 Å². The second kappa shape index (κ2) is 6.27. The van der Waals surface area contributed by atoms with Gasteiger partial charge in [-0.3, -0.25) is 4.79 Å². The maximum atomic E-state index is 12.2. The smallest absolute Gasteiger partial charge is 0.227 e. The molecule has 0 saturated heterocycles. The summed E-state index contributed by atoms with van der Waals surface area (Å²) in [5, 5.41) is 2.94. The summed E-state index contributed by atoms with van der Waals surface area (Å²) in [5.74, 6) is 0.887. The van der Waals surface area contributed by atoms with E-state index in [9.17, 15) is 4.79 Å². The summed E-state index contributed by atoms with van der Waals surface area (Å²) >= 11 is 0. The zero-order valence-corrected chi connectivity index (χ0v) is 12.3. The van der Waals surface area contributed by atoms with Gasteiger partial charge < -0.3 is 15.8 Å². The Hall–Kier alpha value is -1.55. The van der Waals surface area contributed by atoms with Crippen molar-refractivity contribution in [1.82, 2.24) is 5.32 Å². The molecule has 1 aliphatic rings. The van der Waals surface area contributed by atoms with Crippen LogP contribution in [0.25, 0.3) is 0 Å². The summed E-state index contributed by atoms with van der Waals surface area (Å²) in [6.45, 7) is 4.97. The van der Waals surface area contributed by atoms with E-state index >= 15 is 0 Å². The lowest BCUT2D eigenvalue weighted by Gasteiger charge is -2.27. The first-order chi connectivity index (χ1) is 9.52. The third kappa shape index (κ3) is 3.31. The molecule has 1 amide bonds. The van der Waals surface area contributed by atoms with Crippen LogP contribution in [0.4, 0.5) is 0 Å². The fourth-order valence-corrected chi connectivity index (χ4v) is 2.72. The summed E-state index contributed by atoms with van der Waals surface area (Å²) in [5.41, 5.74) is 6.78. The fraction of sp³-hybridized carbons (Fsp3) is 0.562. The minimum Gasteiger partial charge on any atom is -0.492 e. The van der Waals surface area contributed by atoms with E-state index in [4.69, 9.17) is 10.5 Å². The number of nitrogens with one attached hydrogen (secondary N) is 1. The first-order valence-electron chi connectivity index (χ1n) is 7.26. The van der Waals surface area contributed by atoms with Gasteiger partial charge in [0.2, 0.25) is 5.91 Å². The Balaban J connectivity index is 1.75. The van der Waals surface area contributed by atoms with E-state index < -0.39 is 5.41 Å². The molecule has 20 heavy (non-hydrogen) atoms. The molecule has 1 aliphatic carbocycles. The second-order valence-corrected chi connectivity index (χ2v) is 5.84. The molecular weight excluding hydrogens is 252 g/mol. The van der Waals surface area contributed by atoms with Gasteiger partial charge in [0.15, 0.2) is 0 Å². The van der Waals surface area contributed by atoms with E-state index in [2.05, 4.69) is 5.32 Å². The van der Waals surface area contributed by atoms with Crippen LogP contribution in [0.5, 0.6) is 5.75 Å². The largest absolute Gasteiger partial charge is 0.492 e. The first kappa shape index (κ1) is 14.9. The number of aryl methyl sites for hydroxylation is 1. The molecule has 2 atom stereocenters. The molecule has 0 radical (unpaired) electrons. The molecule has 2 rings (SSSR count). The van der Waals surface area contributed by atoms with Gasteiger partial charge in [0, 0.05) is 6.04 Å². The topological polar surface area (TPSA) is 64.3 Å². The van der Waals surface area contributed by atoms with Crippen LogP contribution < -0.4 is 15.8 Å². The number of amides is 1. The van der Waals surface area contributed by atoms with E-state index in [0.29, 0.717) is 13.2 Å². The molecule has 1 saturated carbocycles. The van der Waals surface area contributed by atoms with Gasteiger partial charge in [0.05, 0.1) is 12.0 Å². The number of rotatable bonds is 5. The number of hydrogen-bond acceptors (Lipinski definition) is 3. The van der Waals surface area contributed by atoms with E-state index in [1.54, 1.807) is 0 Å². The average molecular weight is 276 g/mol. The van der Waals surface area contributed by atoms with Crippen LogP contribution in [0, 0.1) is 12.3 Å². The van der Waals surface area contributed by atoms with Gasteiger partial charge >= 0.3 is 0 Å². The van der Waals surface area contributed by atoms with Crippen LogP contribution in [0.2, 0.25) is 0 Å². The third-order valence-electron chi connectivity index (χ3n) is 4.19. The SMILES string of the molecule is Cc1cccc(OCCNC(=O)C2(C)CCCC2N)c1. The van der Waals surface area contributed by atoms with Crippen molar-refractivity contribution in [3.05, 3.63) is 29.8 Å². The Morgan fingerprint density at radius 1 is 1.55 bits per heavy atom. The van der Waals surface area contributed by atoms with Crippen LogP contribution in [-0.2, 0) is 4.79 Å². The zero-order valence-electron chi connectivity index (χ0n) is 12.3. The monoisotopic (exact) mass is 276 g/mol. The Bertz CT molecular complexity index is 475. The second-order valence-electron chi connectivity index (χ2n) is 5.84. The Kier molecular flexibility index (Phi) is 4.65. The van der Waals surface area contributed by atoms with Crippen LogP contribution in [-0.4, -0.2) is 25.1 Å². The highest BCUT2D eigenvalue weighted by molar-refractivity contribution is 5.83. The van der Waals surface area contributed by atoms with Crippen LogP contribution >= 0.6 is 0 Å². The van der Waals surface area contributed by atoms with Crippen molar-refractivity contribution in [1.29, 1.82) is 0 Å². The predicted octanol–water partition coefficient (Wildman–Crippen LogP) is 2.01. The Morgan fingerprint density at radius 3 is 3.00 bits per heavy atom. The van der Waals surface area contributed by atoms with E-state index in [1.165, 1.54) is 0 Å². The molecule has 3 N–H and O–H groups in total. The first-order valence-corrected chi connectivity index (χ1v) is 7.26. The lowest BCUT2D eigenvalue weighted by Crippen LogP contribution is -2.48. The Labute approximate surface area is 120 Å². The highest BCUT2D eigenvalue weighted by atomic mass is 16.5. The van der Waals surface area contributed by atoms with Crippen molar-refractivity contribution in [2.45, 2.75) is 39.2 Å². The summed E-state index contributed by atoms with van der Waals surface area (Å²) in [6, 6.07) is 7.86. The van der Waals surface area contributed by atoms with Crippen LogP contribution in [0.1, 0.15) is 31.7 Å². The zero-order chi connectivity index (χ0) is 14.6. The molecule has 2 unspecified atom stereocenters. The van der Waals surface area contributed by atoms with Crippen molar-refractivity contribution >= 4 is 5.91 Å². The lowest BCUT2D eigenvalue weighted by atomic mass is 9.84. The summed E-state index contributed by atoms with van der Waals surface area (Å²) in [6.07, 6.45) is 2.84. The van der Waals surface area contributed by atoms with E-state index in [1.807, 2.05) is 38.1 Å². The maximum Gasteiger partial charge on any atom is 0.227 e. The van der Waals surface area contributed by atoms with Crippen molar-refractivity contribution in [2.24, 2.45) is 11.1 Å². The molecule has 4 nitrogen and oxygen atoms in total. The van der Waals surface area contributed by atoms with Gasteiger partial charge in [0.25, 0.3) is 0 Å². The molecule has 1 aromatic carbocycles. The summed E-state index contributed by atoms with van der Waals surface area (Å²) in [4.78, 5) is 12.2. The minimum absolute atomic E-state index is 0.0276. The molecule has 0 aliphatic heterocycles. The average Bonchev–Trinajstić information content (AvgIpc) is 2.76. The third-order valence-corrected chi connectivity index (χ3v) is 4.19. The number of hydrogen-bond donors (Lipinski definition) is 2. The standard InChI is InChI=1S/C16H24N2O2/c1-12-5-3-6-13(11-12)20-10-9-18-15(19)16(2)8-4-7-14(16)17/h3,5-6,11,14H,4,7-10,17H2,1-2H3,(H,18,19). The van der Waals surface area contributed by atoms with Crippen LogP contribution in [0.15, 0.2) is 24.3 Å². The van der Waals surface area contributed by atoms with Gasteiger partial charge in [-0.25, -0.2) is 0 Å². The van der Waals surface area contributed by atoms with E-state index in [-0.39, 0.29) is 11.9 Å².